The number of esters is 2. The number of carbonyl (C=O) groups is 3. The van der Waals surface area contributed by atoms with Crippen LogP contribution < -0.4 is 0 Å². The van der Waals surface area contributed by atoms with E-state index < -0.39 is 61.3 Å². The Morgan fingerprint density at radius 1 is 0.470 bits per heavy atom. The van der Waals surface area contributed by atoms with Gasteiger partial charge >= 0.3 is 17.9 Å². The van der Waals surface area contributed by atoms with Gasteiger partial charge in [0.1, 0.15) is 24.9 Å². The Hall–Kier alpha value is -3.61. The van der Waals surface area contributed by atoms with Gasteiger partial charge in [-0.25, -0.2) is 4.79 Å². The molecule has 0 aliphatic carbocycles. The largest absolute Gasteiger partial charge is 0.479 e. The zero-order valence-electron chi connectivity index (χ0n) is 40.9. The first-order valence-electron chi connectivity index (χ1n) is 25.6. The molecule has 1 heterocycles. The first kappa shape index (κ1) is 60.4. The van der Waals surface area contributed by atoms with Gasteiger partial charge in [0.15, 0.2) is 18.5 Å². The quantitative estimate of drug-likeness (QED) is 0.0261. The van der Waals surface area contributed by atoms with Gasteiger partial charge in [-0.2, -0.15) is 0 Å². The normalized spacial score (nSPS) is 19.8. The Morgan fingerprint density at radius 3 is 1.27 bits per heavy atom. The second-order valence-corrected chi connectivity index (χ2v) is 17.2. The number of aliphatic carboxylic acids is 1. The second kappa shape index (κ2) is 43.9. The predicted molar refractivity (Wildman–Crippen MR) is 266 cm³/mol. The van der Waals surface area contributed by atoms with Gasteiger partial charge in [-0.15, -0.1) is 0 Å². The van der Waals surface area contributed by atoms with Crippen LogP contribution in [0, 0.1) is 0 Å². The highest BCUT2D eigenvalue weighted by Crippen LogP contribution is 2.23. The van der Waals surface area contributed by atoms with Gasteiger partial charge in [-0.3, -0.25) is 9.59 Å². The average molecular weight is 927 g/mol. The summed E-state index contributed by atoms with van der Waals surface area (Å²) in [7, 11) is 0. The maximum atomic E-state index is 12.8. The molecule has 0 aromatic heterocycles. The summed E-state index contributed by atoms with van der Waals surface area (Å²) in [6, 6.07) is 0. The summed E-state index contributed by atoms with van der Waals surface area (Å²) >= 11 is 0. The molecule has 6 unspecified atom stereocenters. The van der Waals surface area contributed by atoms with Crippen LogP contribution in [0.1, 0.15) is 194 Å². The maximum Gasteiger partial charge on any atom is 0.335 e. The zero-order chi connectivity index (χ0) is 48.1. The molecule has 0 aromatic carbocycles. The molecule has 1 fully saturated rings. The number of allylic oxidation sites excluding steroid dienone is 14. The Morgan fingerprint density at radius 2 is 0.848 bits per heavy atom. The van der Waals surface area contributed by atoms with Crippen LogP contribution >= 0.6 is 0 Å². The lowest BCUT2D eigenvalue weighted by molar-refractivity contribution is -0.298. The minimum absolute atomic E-state index is 0.166. The van der Waals surface area contributed by atoms with Crippen molar-refractivity contribution >= 4 is 17.9 Å². The number of hydrogen-bond donors (Lipinski definition) is 4. The molecular weight excluding hydrogens is 837 g/mol. The Bertz CT molecular complexity index is 1410. The minimum atomic E-state index is -1.87. The van der Waals surface area contributed by atoms with Crippen molar-refractivity contribution in [1.82, 2.24) is 0 Å². The molecule has 1 aliphatic heterocycles. The van der Waals surface area contributed by atoms with E-state index in [-0.39, 0.29) is 19.4 Å². The number of aliphatic hydroxyl groups is 3. The molecule has 0 spiro atoms. The zero-order valence-corrected chi connectivity index (χ0v) is 40.9. The molecule has 11 heteroatoms. The van der Waals surface area contributed by atoms with Crippen LogP contribution in [0.5, 0.6) is 0 Å². The third kappa shape index (κ3) is 34.7. The highest BCUT2D eigenvalue weighted by Gasteiger charge is 2.47. The van der Waals surface area contributed by atoms with Gasteiger partial charge < -0.3 is 39.4 Å². The van der Waals surface area contributed by atoms with Crippen molar-refractivity contribution in [2.24, 2.45) is 0 Å². The molecule has 6 atom stereocenters. The van der Waals surface area contributed by atoms with E-state index in [1.165, 1.54) is 44.9 Å². The number of carboxylic acids is 1. The fraction of sp³-hybridized carbons (Fsp3) is 0.691. The summed E-state index contributed by atoms with van der Waals surface area (Å²) in [5, 5.41) is 39.9. The molecular formula is C55H90O11. The molecule has 0 radical (unpaired) electrons. The Kier molecular flexibility index (Phi) is 40.2. The van der Waals surface area contributed by atoms with E-state index in [1.807, 2.05) is 0 Å². The van der Waals surface area contributed by atoms with Crippen molar-refractivity contribution in [3.8, 4) is 0 Å². The topological polar surface area (TPSA) is 169 Å². The number of carbonyl (C=O) groups excluding carboxylic acids is 2. The number of aliphatic hydroxyl groups excluding tert-OH is 3. The van der Waals surface area contributed by atoms with Gasteiger partial charge in [0.25, 0.3) is 0 Å². The van der Waals surface area contributed by atoms with E-state index in [0.717, 1.165) is 109 Å². The molecule has 4 N–H and O–H groups in total. The molecule has 376 valence electrons. The van der Waals surface area contributed by atoms with Crippen molar-refractivity contribution in [3.05, 3.63) is 85.1 Å². The summed E-state index contributed by atoms with van der Waals surface area (Å²) < 4.78 is 21.8. The summed E-state index contributed by atoms with van der Waals surface area (Å²) in [4.78, 5) is 37.0. The SMILES string of the molecule is CC/C=C\C/C=C\C/C=C\C/C=C\CCCCCCCCCCCCC(=O)OCC(COC1OC(C(=O)O)C(O)C(O)C1O)OC(=O)CCCCCCCCC/C=C\C/C=C\C/C=C\CC. The molecule has 0 aromatic rings. The standard InChI is InChI=1S/C55H90O11/c1-3-5-7-9-11-13-15-17-19-21-22-23-24-25-26-28-29-31-33-35-37-39-41-43-48(56)63-45-47(46-64-55-52(60)50(58)51(59)53(66-55)54(61)62)65-49(57)44-42-40-38-36-34-32-30-27-20-18-16-14-12-10-8-6-4-2/h5-8,11-14,17-20,22-23,47,50-53,55,58-60H,3-4,9-10,15-16,21,24-46H2,1-2H3,(H,61,62)/b7-5-,8-6-,13-11-,14-12-,19-17-,20-18-,23-22-. The molecule has 11 nitrogen and oxygen atoms in total. The van der Waals surface area contributed by atoms with Gasteiger partial charge in [-0.1, -0.05) is 182 Å². The lowest BCUT2D eigenvalue weighted by Crippen LogP contribution is -2.60. The van der Waals surface area contributed by atoms with Gasteiger partial charge in [-0.05, 0) is 83.5 Å². The van der Waals surface area contributed by atoms with E-state index in [9.17, 15) is 34.8 Å². The van der Waals surface area contributed by atoms with Crippen molar-refractivity contribution in [3.63, 3.8) is 0 Å². The lowest BCUT2D eigenvalue weighted by Gasteiger charge is -2.38. The molecule has 1 saturated heterocycles. The monoisotopic (exact) mass is 927 g/mol. The number of rotatable bonds is 42. The van der Waals surface area contributed by atoms with E-state index in [1.54, 1.807) is 0 Å². The highest BCUT2D eigenvalue weighted by molar-refractivity contribution is 5.73. The van der Waals surface area contributed by atoms with Crippen molar-refractivity contribution < 1.29 is 53.8 Å². The van der Waals surface area contributed by atoms with Crippen molar-refractivity contribution in [1.29, 1.82) is 0 Å². The number of carboxylic acid groups (broad SMARTS) is 1. The fourth-order valence-electron chi connectivity index (χ4n) is 7.30. The third-order valence-electron chi connectivity index (χ3n) is 11.2. The van der Waals surface area contributed by atoms with Crippen molar-refractivity contribution in [2.75, 3.05) is 13.2 Å². The predicted octanol–water partition coefficient (Wildman–Crippen LogP) is 12.2. The second-order valence-electron chi connectivity index (χ2n) is 17.2. The molecule has 0 bridgehead atoms. The van der Waals surface area contributed by atoms with Gasteiger partial charge in [0.2, 0.25) is 0 Å². The van der Waals surface area contributed by atoms with Crippen molar-refractivity contribution in [2.45, 2.75) is 230 Å². The van der Waals surface area contributed by atoms with Crippen LogP contribution in [-0.4, -0.2) is 88.4 Å². The van der Waals surface area contributed by atoms with Crippen LogP contribution in [-0.2, 0) is 33.3 Å². The minimum Gasteiger partial charge on any atom is -0.479 e. The van der Waals surface area contributed by atoms with Crippen LogP contribution in [0.3, 0.4) is 0 Å². The van der Waals surface area contributed by atoms with E-state index in [2.05, 4.69) is 98.9 Å². The van der Waals surface area contributed by atoms with E-state index in [0.29, 0.717) is 12.8 Å². The van der Waals surface area contributed by atoms with E-state index >= 15 is 0 Å². The number of ether oxygens (including phenoxy) is 4. The van der Waals surface area contributed by atoms with Crippen LogP contribution in [0.2, 0.25) is 0 Å². The van der Waals surface area contributed by atoms with Crippen LogP contribution in [0.15, 0.2) is 85.1 Å². The molecule has 0 saturated carbocycles. The molecule has 0 amide bonds. The molecule has 1 rings (SSSR count). The summed E-state index contributed by atoms with van der Waals surface area (Å²) in [5.41, 5.74) is 0. The van der Waals surface area contributed by atoms with Gasteiger partial charge in [0, 0.05) is 12.8 Å². The summed E-state index contributed by atoms with van der Waals surface area (Å²) in [6.07, 6.45) is 49.1. The fourth-order valence-corrected chi connectivity index (χ4v) is 7.30. The Labute approximate surface area is 399 Å². The third-order valence-corrected chi connectivity index (χ3v) is 11.2. The average Bonchev–Trinajstić information content (AvgIpc) is 3.30. The van der Waals surface area contributed by atoms with Crippen LogP contribution in [0.4, 0.5) is 0 Å². The maximum absolute atomic E-state index is 12.8. The van der Waals surface area contributed by atoms with Crippen LogP contribution in [0.25, 0.3) is 0 Å². The highest BCUT2D eigenvalue weighted by atomic mass is 16.7. The number of unbranched alkanes of at least 4 members (excludes halogenated alkanes) is 17. The first-order chi connectivity index (χ1) is 32.2. The van der Waals surface area contributed by atoms with E-state index in [4.69, 9.17) is 18.9 Å². The van der Waals surface area contributed by atoms with Gasteiger partial charge in [0.05, 0.1) is 6.61 Å². The first-order valence-corrected chi connectivity index (χ1v) is 25.6. The summed E-state index contributed by atoms with van der Waals surface area (Å²) in [6.45, 7) is 3.59. The smallest absolute Gasteiger partial charge is 0.335 e. The Balaban J connectivity index is 2.30. The molecule has 66 heavy (non-hydrogen) atoms. The number of hydrogen-bond acceptors (Lipinski definition) is 10. The summed E-state index contributed by atoms with van der Waals surface area (Å²) in [5.74, 6) is -2.47. The molecule has 1 aliphatic rings. The lowest BCUT2D eigenvalue weighted by atomic mass is 9.99.